The topological polar surface area (TPSA) is 107 Å². The van der Waals surface area contributed by atoms with Crippen molar-refractivity contribution < 1.29 is 31.8 Å². The van der Waals surface area contributed by atoms with Crippen LogP contribution in [0.25, 0.3) is 0 Å². The molecule has 0 aromatic carbocycles. The van der Waals surface area contributed by atoms with Gasteiger partial charge in [-0.05, 0) is 104 Å². The highest BCUT2D eigenvalue weighted by molar-refractivity contribution is 5.81. The zero-order chi connectivity index (χ0) is 29.1. The summed E-state index contributed by atoms with van der Waals surface area (Å²) in [7, 11) is 0. The van der Waals surface area contributed by atoms with E-state index >= 15 is 0 Å². The Labute approximate surface area is 212 Å². The Kier molecular flexibility index (Phi) is 5.71. The standard InChI is InChI=1S/C28H47NO5/c1-5-18-22-14-17(30)10-12-28(22,4)21-11-13-27(3)19(7-8-20(27)25(21)26(18)34)16(2)6-9-23(31)29-15-24(32)33/h16-22,25-26,30,34H,5-15H2,1-4H3,(H,29,31)(H,32,33)/t16-,17-,18-,19-,20+,21+,22+,25+,26-,27-,28-/m1/s1/i1D3,5D2. The van der Waals surface area contributed by atoms with Crippen molar-refractivity contribution in [1.82, 2.24) is 5.32 Å². The summed E-state index contributed by atoms with van der Waals surface area (Å²) in [4.78, 5) is 22.9. The van der Waals surface area contributed by atoms with Crippen LogP contribution < -0.4 is 5.32 Å². The summed E-state index contributed by atoms with van der Waals surface area (Å²) >= 11 is 0. The second-order valence-corrected chi connectivity index (χ2v) is 12.4. The van der Waals surface area contributed by atoms with Crippen LogP contribution in [0.4, 0.5) is 0 Å². The van der Waals surface area contributed by atoms with Crippen molar-refractivity contribution in [2.75, 3.05) is 6.54 Å². The van der Waals surface area contributed by atoms with Gasteiger partial charge in [0.2, 0.25) is 5.91 Å². The Balaban J connectivity index is 1.61. The SMILES string of the molecule is [2H]C([2H])([2H])C([2H])([2H])[C@H]1[C@@H](O)[C@@H]2[C@H](CC[C@]3(C)[C@@H]([C@H](C)CCC(=O)NCC(=O)O)CC[C@@H]23)[C@@]2(C)CC[C@@H](O)C[C@@H]12. The lowest BCUT2D eigenvalue weighted by Crippen LogP contribution is -2.62. The Hall–Kier alpha value is -1.14. The third kappa shape index (κ3) is 4.31. The number of amides is 1. The fourth-order valence-electron chi connectivity index (χ4n) is 9.26. The number of carboxylic acid groups (broad SMARTS) is 1. The molecule has 34 heavy (non-hydrogen) atoms. The molecule has 0 radical (unpaired) electrons. The van der Waals surface area contributed by atoms with Gasteiger partial charge in [0.25, 0.3) is 0 Å². The van der Waals surface area contributed by atoms with Crippen molar-refractivity contribution in [3.63, 3.8) is 0 Å². The number of fused-ring (bicyclic) bond motifs is 5. The number of rotatable bonds is 7. The number of carbonyl (C=O) groups excluding carboxylic acids is 1. The Bertz CT molecular complexity index is 946. The molecule has 0 saturated heterocycles. The molecular formula is C28H47NO5. The highest BCUT2D eigenvalue weighted by atomic mass is 16.4. The lowest BCUT2D eigenvalue weighted by Gasteiger charge is -2.64. The molecule has 6 nitrogen and oxygen atoms in total. The first kappa shape index (κ1) is 20.0. The monoisotopic (exact) mass is 482 g/mol. The number of carboxylic acids is 1. The molecule has 11 atom stereocenters. The van der Waals surface area contributed by atoms with Crippen molar-refractivity contribution >= 4 is 11.9 Å². The van der Waals surface area contributed by atoms with Crippen LogP contribution in [0.3, 0.4) is 0 Å². The molecule has 4 fully saturated rings. The van der Waals surface area contributed by atoms with E-state index in [0.717, 1.165) is 25.7 Å². The third-order valence-corrected chi connectivity index (χ3v) is 11.0. The zero-order valence-electron chi connectivity index (χ0n) is 25.9. The number of nitrogens with one attached hydrogen (secondary N) is 1. The normalized spacial score (nSPS) is 49.6. The summed E-state index contributed by atoms with van der Waals surface area (Å²) in [5.74, 6) is -2.26. The van der Waals surface area contributed by atoms with Gasteiger partial charge >= 0.3 is 5.97 Å². The second kappa shape index (κ2) is 9.72. The van der Waals surface area contributed by atoms with Gasteiger partial charge in [-0.1, -0.05) is 34.0 Å². The Morgan fingerprint density at radius 1 is 1.09 bits per heavy atom. The molecule has 0 aromatic heterocycles. The molecule has 0 aliphatic heterocycles. The van der Waals surface area contributed by atoms with E-state index in [0.29, 0.717) is 31.6 Å². The lowest BCUT2D eigenvalue weighted by atomic mass is 9.41. The summed E-state index contributed by atoms with van der Waals surface area (Å²) in [5, 5.41) is 33.8. The molecule has 4 aliphatic carbocycles. The molecule has 0 aromatic rings. The van der Waals surface area contributed by atoms with Gasteiger partial charge in [0.05, 0.1) is 12.2 Å². The fraction of sp³-hybridized carbons (Fsp3) is 0.929. The van der Waals surface area contributed by atoms with Crippen molar-refractivity contribution in [2.24, 2.45) is 52.3 Å². The average Bonchev–Trinajstić information content (AvgIpc) is 3.18. The van der Waals surface area contributed by atoms with Crippen molar-refractivity contribution in [2.45, 2.75) is 104 Å². The minimum absolute atomic E-state index is 0.117. The van der Waals surface area contributed by atoms with Crippen LogP contribution in [-0.4, -0.2) is 45.9 Å². The highest BCUT2D eigenvalue weighted by Gasteiger charge is 2.64. The van der Waals surface area contributed by atoms with E-state index in [4.69, 9.17) is 12.0 Å². The first-order chi connectivity index (χ1) is 17.9. The van der Waals surface area contributed by atoms with Gasteiger partial charge in [0, 0.05) is 13.3 Å². The fourth-order valence-corrected chi connectivity index (χ4v) is 9.26. The molecule has 4 N–H and O–H groups in total. The molecule has 4 saturated carbocycles. The molecular weight excluding hydrogens is 430 g/mol. The summed E-state index contributed by atoms with van der Waals surface area (Å²) in [6.07, 6.45) is 1.89. The second-order valence-electron chi connectivity index (χ2n) is 12.4. The first-order valence-electron chi connectivity index (χ1n) is 15.8. The molecule has 4 rings (SSSR count). The molecule has 0 unspecified atom stereocenters. The summed E-state index contributed by atoms with van der Waals surface area (Å²) in [5.41, 5.74) is -0.465. The van der Waals surface area contributed by atoms with Gasteiger partial charge in [0.15, 0.2) is 0 Å². The minimum Gasteiger partial charge on any atom is -0.480 e. The van der Waals surface area contributed by atoms with E-state index in [1.165, 1.54) is 0 Å². The van der Waals surface area contributed by atoms with E-state index in [-0.39, 0.29) is 53.4 Å². The zero-order valence-corrected chi connectivity index (χ0v) is 20.9. The van der Waals surface area contributed by atoms with E-state index in [1.54, 1.807) is 0 Å². The van der Waals surface area contributed by atoms with E-state index in [1.807, 2.05) is 0 Å². The molecule has 1 amide bonds. The van der Waals surface area contributed by atoms with Crippen LogP contribution in [-0.2, 0) is 9.59 Å². The molecule has 0 bridgehead atoms. The van der Waals surface area contributed by atoms with Crippen molar-refractivity contribution in [3.05, 3.63) is 0 Å². The summed E-state index contributed by atoms with van der Waals surface area (Å²) in [6.45, 7) is 3.29. The van der Waals surface area contributed by atoms with E-state index in [2.05, 4.69) is 26.1 Å². The maximum atomic E-state index is 12.2. The number of hydrogen-bond donors (Lipinski definition) is 4. The van der Waals surface area contributed by atoms with Crippen LogP contribution in [0, 0.1) is 52.3 Å². The minimum atomic E-state index is -2.89. The van der Waals surface area contributed by atoms with Gasteiger partial charge < -0.3 is 20.6 Å². The van der Waals surface area contributed by atoms with Gasteiger partial charge in [-0.15, -0.1) is 0 Å². The van der Waals surface area contributed by atoms with Gasteiger partial charge in [-0.3, -0.25) is 9.59 Å². The molecule has 4 aliphatic rings. The van der Waals surface area contributed by atoms with Crippen LogP contribution in [0.2, 0.25) is 0 Å². The number of aliphatic carboxylic acids is 1. The molecule has 0 spiro atoms. The van der Waals surface area contributed by atoms with Crippen molar-refractivity contribution in [3.8, 4) is 0 Å². The summed E-state index contributed by atoms with van der Waals surface area (Å²) < 4.78 is 41.7. The van der Waals surface area contributed by atoms with E-state index < -0.39 is 43.2 Å². The number of aliphatic hydroxyl groups is 2. The first-order valence-corrected chi connectivity index (χ1v) is 13.3. The molecule has 0 heterocycles. The van der Waals surface area contributed by atoms with Crippen molar-refractivity contribution in [1.29, 1.82) is 0 Å². The highest BCUT2D eigenvalue weighted by Crippen LogP contribution is 2.69. The number of hydrogen-bond acceptors (Lipinski definition) is 4. The molecule has 6 heteroatoms. The summed E-state index contributed by atoms with van der Waals surface area (Å²) in [6, 6.07) is 0. The maximum Gasteiger partial charge on any atom is 0.322 e. The van der Waals surface area contributed by atoms with Gasteiger partial charge in [0.1, 0.15) is 6.54 Å². The Morgan fingerprint density at radius 2 is 1.79 bits per heavy atom. The van der Waals surface area contributed by atoms with Crippen LogP contribution in [0.5, 0.6) is 0 Å². The largest absolute Gasteiger partial charge is 0.480 e. The lowest BCUT2D eigenvalue weighted by molar-refractivity contribution is -0.203. The van der Waals surface area contributed by atoms with Gasteiger partial charge in [-0.2, -0.15) is 0 Å². The Morgan fingerprint density at radius 3 is 2.50 bits per heavy atom. The molecule has 194 valence electrons. The van der Waals surface area contributed by atoms with Crippen LogP contribution in [0.15, 0.2) is 0 Å². The predicted octanol–water partition coefficient (Wildman–Crippen LogP) is 4.23. The third-order valence-electron chi connectivity index (χ3n) is 11.0. The average molecular weight is 483 g/mol. The smallest absolute Gasteiger partial charge is 0.322 e. The predicted molar refractivity (Wildman–Crippen MR) is 131 cm³/mol. The van der Waals surface area contributed by atoms with E-state index in [9.17, 15) is 19.8 Å². The van der Waals surface area contributed by atoms with Crippen LogP contribution >= 0.6 is 0 Å². The number of carbonyl (C=O) groups is 2. The number of aliphatic hydroxyl groups excluding tert-OH is 2. The van der Waals surface area contributed by atoms with Crippen LogP contribution in [0.1, 0.15) is 98.6 Å². The maximum absolute atomic E-state index is 12.2. The quantitative estimate of drug-likeness (QED) is 0.434. The van der Waals surface area contributed by atoms with Gasteiger partial charge in [-0.25, -0.2) is 0 Å².